The number of benzene rings is 1. The Morgan fingerprint density at radius 3 is 2.70 bits per heavy atom. The second-order valence-corrected chi connectivity index (χ2v) is 5.81. The van der Waals surface area contributed by atoms with Gasteiger partial charge in [-0.05, 0) is 12.1 Å². The fourth-order valence-corrected chi connectivity index (χ4v) is 2.79. The monoisotopic (exact) mass is 308 g/mol. The third-order valence-corrected chi connectivity index (χ3v) is 4.07. The van der Waals surface area contributed by atoms with Gasteiger partial charge in [0.1, 0.15) is 4.32 Å². The number of nitriles is 1. The van der Waals surface area contributed by atoms with Gasteiger partial charge in [-0.25, -0.2) is 0 Å². The molecule has 0 aliphatic carbocycles. The maximum atomic E-state index is 11.1. The average molecular weight is 308 g/mol. The summed E-state index contributed by atoms with van der Waals surface area (Å²) in [6.45, 7) is 1.35. The van der Waals surface area contributed by atoms with Crippen molar-refractivity contribution in [3.05, 3.63) is 30.3 Å². The molecule has 0 saturated carbocycles. The molecule has 1 rings (SSSR count). The number of hydrogen-bond donors (Lipinski definition) is 0. The Kier molecular flexibility index (Phi) is 7.05. The number of carbonyl (C=O) groups is 1. The largest absolute Gasteiger partial charge is 0.451 e. The molecule has 0 fully saturated rings. The first-order chi connectivity index (χ1) is 9.54. The van der Waals surface area contributed by atoms with E-state index in [1.165, 1.54) is 18.7 Å². The van der Waals surface area contributed by atoms with Crippen LogP contribution in [0.25, 0.3) is 0 Å². The van der Waals surface area contributed by atoms with E-state index in [1.807, 2.05) is 48.3 Å². The SMILES string of the molecule is CC(=O)OC(CCC#N)SC(=S)N(C)c1ccccc1. The zero-order chi connectivity index (χ0) is 15.0. The minimum Gasteiger partial charge on any atom is -0.451 e. The molecule has 106 valence electrons. The molecule has 20 heavy (non-hydrogen) atoms. The molecule has 1 aromatic carbocycles. The van der Waals surface area contributed by atoms with Crippen LogP contribution in [0.3, 0.4) is 0 Å². The Morgan fingerprint density at radius 2 is 2.15 bits per heavy atom. The quantitative estimate of drug-likeness (QED) is 0.472. The van der Waals surface area contributed by atoms with Crippen molar-refractivity contribution in [2.24, 2.45) is 0 Å². The van der Waals surface area contributed by atoms with Gasteiger partial charge >= 0.3 is 5.97 Å². The molecule has 0 spiro atoms. The van der Waals surface area contributed by atoms with E-state index in [-0.39, 0.29) is 5.97 Å². The van der Waals surface area contributed by atoms with Gasteiger partial charge < -0.3 is 9.64 Å². The van der Waals surface area contributed by atoms with Gasteiger partial charge in [0.05, 0.1) is 6.07 Å². The Hall–Kier alpha value is -1.58. The molecule has 4 nitrogen and oxygen atoms in total. The summed E-state index contributed by atoms with van der Waals surface area (Å²) < 4.78 is 5.77. The zero-order valence-electron chi connectivity index (χ0n) is 11.4. The molecule has 6 heteroatoms. The summed E-state index contributed by atoms with van der Waals surface area (Å²) in [5.74, 6) is -0.370. The number of rotatable bonds is 5. The second-order valence-electron chi connectivity index (χ2n) is 4.01. The van der Waals surface area contributed by atoms with Crippen molar-refractivity contribution < 1.29 is 9.53 Å². The van der Waals surface area contributed by atoms with Crippen molar-refractivity contribution in [3.63, 3.8) is 0 Å². The predicted molar refractivity (Wildman–Crippen MR) is 85.4 cm³/mol. The van der Waals surface area contributed by atoms with E-state index < -0.39 is 5.44 Å². The molecular formula is C14H16N2O2S2. The van der Waals surface area contributed by atoms with Crippen LogP contribution in [0, 0.1) is 11.3 Å². The third kappa shape index (κ3) is 5.59. The van der Waals surface area contributed by atoms with Gasteiger partial charge in [-0.15, -0.1) is 0 Å². The van der Waals surface area contributed by atoms with Crippen LogP contribution in [0.15, 0.2) is 30.3 Å². The predicted octanol–water partition coefficient (Wildman–Crippen LogP) is 3.33. The van der Waals surface area contributed by atoms with Crippen LogP contribution in [0.4, 0.5) is 5.69 Å². The Morgan fingerprint density at radius 1 is 1.50 bits per heavy atom. The number of anilines is 1. The molecule has 0 radical (unpaired) electrons. The van der Waals surface area contributed by atoms with Crippen LogP contribution in [-0.4, -0.2) is 22.8 Å². The molecule has 0 amide bonds. The zero-order valence-corrected chi connectivity index (χ0v) is 13.0. The highest BCUT2D eigenvalue weighted by molar-refractivity contribution is 8.23. The van der Waals surface area contributed by atoms with Crippen LogP contribution < -0.4 is 4.90 Å². The summed E-state index contributed by atoms with van der Waals surface area (Å²) in [7, 11) is 1.86. The first kappa shape index (κ1) is 16.5. The van der Waals surface area contributed by atoms with Gasteiger partial charge in [0, 0.05) is 32.5 Å². The molecule has 1 unspecified atom stereocenters. The highest BCUT2D eigenvalue weighted by Gasteiger charge is 2.18. The van der Waals surface area contributed by atoms with Crippen LogP contribution in [0.2, 0.25) is 0 Å². The lowest BCUT2D eigenvalue weighted by molar-refractivity contribution is -0.142. The summed E-state index contributed by atoms with van der Waals surface area (Å²) in [5, 5.41) is 8.63. The molecule has 0 N–H and O–H groups in total. The number of thiocarbonyl (C=S) groups is 1. The van der Waals surface area contributed by atoms with Gasteiger partial charge in [0.15, 0.2) is 5.44 Å². The molecule has 0 aliphatic heterocycles. The highest BCUT2D eigenvalue weighted by atomic mass is 32.2. The van der Waals surface area contributed by atoms with Gasteiger partial charge in [-0.3, -0.25) is 4.79 Å². The van der Waals surface area contributed by atoms with E-state index in [2.05, 4.69) is 0 Å². The fourth-order valence-electron chi connectivity index (χ4n) is 1.46. The maximum Gasteiger partial charge on any atom is 0.303 e. The van der Waals surface area contributed by atoms with Crippen molar-refractivity contribution >= 4 is 40.0 Å². The number of para-hydroxylation sites is 1. The summed E-state index contributed by atoms with van der Waals surface area (Å²) >= 11 is 6.63. The van der Waals surface area contributed by atoms with Crippen LogP contribution in [-0.2, 0) is 9.53 Å². The lowest BCUT2D eigenvalue weighted by atomic mass is 10.3. The smallest absolute Gasteiger partial charge is 0.303 e. The summed E-state index contributed by atoms with van der Waals surface area (Å²) in [5.41, 5.74) is 0.540. The van der Waals surface area contributed by atoms with Gasteiger partial charge in [-0.2, -0.15) is 5.26 Å². The Balaban J connectivity index is 2.65. The lowest BCUT2D eigenvalue weighted by Gasteiger charge is -2.23. The molecule has 1 atom stereocenters. The van der Waals surface area contributed by atoms with Crippen LogP contribution in [0.5, 0.6) is 0 Å². The summed E-state index contributed by atoms with van der Waals surface area (Å²) in [6.07, 6.45) is 0.784. The number of thioether (sulfide) groups is 1. The van der Waals surface area contributed by atoms with Crippen molar-refractivity contribution in [1.29, 1.82) is 5.26 Å². The number of carbonyl (C=O) groups excluding carboxylic acids is 1. The van der Waals surface area contributed by atoms with E-state index in [0.29, 0.717) is 17.2 Å². The normalized spacial score (nSPS) is 11.2. The summed E-state index contributed by atoms with van der Waals surface area (Å²) in [6, 6.07) is 11.7. The molecule has 0 heterocycles. The van der Waals surface area contributed by atoms with Gasteiger partial charge in [0.2, 0.25) is 0 Å². The maximum absolute atomic E-state index is 11.1. The number of ether oxygens (including phenoxy) is 1. The van der Waals surface area contributed by atoms with Crippen LogP contribution in [0.1, 0.15) is 19.8 Å². The number of esters is 1. The van der Waals surface area contributed by atoms with E-state index in [1.54, 1.807) is 0 Å². The van der Waals surface area contributed by atoms with Crippen LogP contribution >= 0.6 is 24.0 Å². The van der Waals surface area contributed by atoms with E-state index in [4.69, 9.17) is 22.2 Å². The van der Waals surface area contributed by atoms with Gasteiger partial charge in [-0.1, -0.05) is 42.2 Å². The van der Waals surface area contributed by atoms with Crippen molar-refractivity contribution in [2.45, 2.75) is 25.2 Å². The van der Waals surface area contributed by atoms with Crippen molar-refractivity contribution in [1.82, 2.24) is 0 Å². The molecule has 1 aromatic rings. The first-order valence-corrected chi connectivity index (χ1v) is 7.37. The van der Waals surface area contributed by atoms with Gasteiger partial charge in [0.25, 0.3) is 0 Å². The number of nitrogens with zero attached hydrogens (tertiary/aromatic N) is 2. The lowest BCUT2D eigenvalue weighted by Crippen LogP contribution is -2.25. The second kappa shape index (κ2) is 8.56. The molecule has 0 saturated heterocycles. The number of hydrogen-bond acceptors (Lipinski definition) is 5. The van der Waals surface area contributed by atoms with E-state index >= 15 is 0 Å². The van der Waals surface area contributed by atoms with Crippen molar-refractivity contribution in [3.8, 4) is 6.07 Å². The molecular weight excluding hydrogens is 292 g/mol. The molecule has 0 bridgehead atoms. The van der Waals surface area contributed by atoms with Crippen molar-refractivity contribution in [2.75, 3.05) is 11.9 Å². The minimum atomic E-state index is -0.425. The molecule has 0 aromatic heterocycles. The topological polar surface area (TPSA) is 53.3 Å². The fraction of sp³-hybridized carbons (Fsp3) is 0.357. The van der Waals surface area contributed by atoms with E-state index in [0.717, 1.165) is 5.69 Å². The highest BCUT2D eigenvalue weighted by Crippen LogP contribution is 2.24. The standard InChI is InChI=1S/C14H16N2O2S2/c1-11(17)18-13(9-6-10-15)20-14(19)16(2)12-7-4-3-5-8-12/h3-5,7-8,13H,6,9H2,1-2H3. The summed E-state index contributed by atoms with van der Waals surface area (Å²) in [4.78, 5) is 12.9. The third-order valence-electron chi connectivity index (χ3n) is 2.44. The molecule has 0 aliphatic rings. The average Bonchev–Trinajstić information content (AvgIpc) is 2.44. The first-order valence-electron chi connectivity index (χ1n) is 6.08. The minimum absolute atomic E-state index is 0.322. The van der Waals surface area contributed by atoms with E-state index in [9.17, 15) is 4.79 Å². The Bertz CT molecular complexity index is 500. The Labute approximate surface area is 128 Å².